The third-order valence-electron chi connectivity index (χ3n) is 1.15. The van der Waals surface area contributed by atoms with Crippen LogP contribution in [0, 0.1) is 12.3 Å². The van der Waals surface area contributed by atoms with Crippen LogP contribution in [0.5, 0.6) is 0 Å². The third-order valence-corrected chi connectivity index (χ3v) is 1.15. The first kappa shape index (κ1) is 15.0. The summed E-state index contributed by atoms with van der Waals surface area (Å²) in [5.41, 5.74) is 1.77. The summed E-state index contributed by atoms with van der Waals surface area (Å²) in [5.74, 6) is 0. The number of aryl methyl sites for hydroxylation is 1. The molecule has 0 amide bonds. The quantitative estimate of drug-likeness (QED) is 0.379. The summed E-state index contributed by atoms with van der Waals surface area (Å²) in [4.78, 5) is 3.01. The van der Waals surface area contributed by atoms with Crippen LogP contribution in [0.4, 0.5) is 22.6 Å². The fourth-order valence-electron chi connectivity index (χ4n) is 0.611. The number of halogens is 6. The van der Waals surface area contributed by atoms with E-state index in [9.17, 15) is 16.9 Å². The van der Waals surface area contributed by atoms with Crippen LogP contribution in [-0.4, -0.2) is 19.5 Å². The predicted molar refractivity (Wildman–Crippen MR) is 48.3 cm³/mol. The Morgan fingerprint density at radius 3 is 1.50 bits per heavy atom. The maximum absolute atomic E-state index is 11.2. The molecule has 0 aliphatic heterocycles. The summed E-state index contributed by atoms with van der Waals surface area (Å²) in [7, 11) is 0. The average Bonchev–Trinajstić information content (AvgIpc) is 2.00. The van der Waals surface area contributed by atoms with Crippen molar-refractivity contribution in [3.05, 3.63) is 34.8 Å². The second-order valence-electron chi connectivity index (χ2n) is 2.89. The fraction of sp³-hybridized carbons (Fsp3) is 0.143. The predicted octanol–water partition coefficient (Wildman–Crippen LogP) is 4.62. The van der Waals surface area contributed by atoms with Gasteiger partial charge in [-0.05, 0) is 6.92 Å². The molecule has 0 aliphatic carbocycles. The Kier molecular flexibility index (Phi) is 3.58. The van der Waals surface area contributed by atoms with Crippen LogP contribution in [0.2, 0.25) is 0 Å². The monoisotopic (exact) mass is 354 g/mol. The van der Waals surface area contributed by atoms with Crippen LogP contribution in [0.1, 0.15) is 5.56 Å². The van der Waals surface area contributed by atoms with E-state index in [1.54, 1.807) is 12.1 Å². The van der Waals surface area contributed by atoms with Gasteiger partial charge in [-0.1, -0.05) is 17.7 Å². The Labute approximate surface area is 89.4 Å². The number of rotatable bonds is 0. The van der Waals surface area contributed by atoms with Gasteiger partial charge in [-0.25, -0.2) is 0 Å². The summed E-state index contributed by atoms with van der Waals surface area (Å²) in [6.07, 6.45) is 0. The molecule has 0 fully saturated rings. The summed E-state index contributed by atoms with van der Waals surface area (Å²) in [6.45, 7) is 1.99. The van der Waals surface area contributed by atoms with Gasteiger partial charge in [0.05, 0.1) is 0 Å². The minimum atomic E-state index is -11.2. The van der Waals surface area contributed by atoms with Gasteiger partial charge in [0.1, 0.15) is 0 Å². The summed E-state index contributed by atoms with van der Waals surface area (Å²) in [6, 6.07) is 7.31. The molecular weight excluding hydrogens is 348 g/mol. The zero-order valence-electron chi connectivity index (χ0n) is 7.92. The van der Waals surface area contributed by atoms with Crippen molar-refractivity contribution in [2.75, 3.05) is 0 Å². The molecule has 0 heterocycles. The Balaban J connectivity index is 0.000000293. The zero-order valence-corrected chi connectivity index (χ0v) is 10.5. The molecule has 2 nitrogen and oxygen atoms in total. The number of hydrogen-bond acceptors (Lipinski definition) is 1. The van der Waals surface area contributed by atoms with Crippen molar-refractivity contribution in [2.24, 2.45) is 0 Å². The molecular formula is C7H7F6N2Sb. The van der Waals surface area contributed by atoms with Crippen LogP contribution in [0.25, 0.3) is 4.98 Å². The van der Waals surface area contributed by atoms with Gasteiger partial charge in [-0.2, -0.15) is 0 Å². The molecule has 9 heteroatoms. The van der Waals surface area contributed by atoms with E-state index in [1.165, 1.54) is 5.56 Å². The molecule has 0 atom stereocenters. The average molecular weight is 355 g/mol. The number of hydrogen-bond donors (Lipinski definition) is 0. The Hall–Kier alpha value is -0.962. The molecule has 1 rings (SSSR count). The summed E-state index contributed by atoms with van der Waals surface area (Å²) < 4.78 is 59.6. The first-order valence-electron chi connectivity index (χ1n) is 3.76. The van der Waals surface area contributed by atoms with Gasteiger partial charge < -0.3 is 0 Å². The van der Waals surface area contributed by atoms with Crippen molar-refractivity contribution >= 4 is 25.2 Å². The van der Waals surface area contributed by atoms with Crippen LogP contribution in [0.3, 0.4) is 0 Å². The molecule has 0 aliphatic rings. The van der Waals surface area contributed by atoms with E-state index >= 15 is 0 Å². The van der Waals surface area contributed by atoms with Crippen LogP contribution >= 0.6 is 0 Å². The summed E-state index contributed by atoms with van der Waals surface area (Å²) >= 11 is -11.2. The van der Waals surface area contributed by atoms with Gasteiger partial charge in [0.15, 0.2) is 4.98 Å². The van der Waals surface area contributed by atoms with Gasteiger partial charge in [-0.3, -0.25) is 0 Å². The minimum absolute atomic E-state index is 0.598. The van der Waals surface area contributed by atoms with Gasteiger partial charge in [0, 0.05) is 12.1 Å². The first-order chi connectivity index (χ1) is 6.78. The van der Waals surface area contributed by atoms with E-state index in [0.29, 0.717) is 5.69 Å². The van der Waals surface area contributed by atoms with E-state index in [1.807, 2.05) is 19.1 Å². The third kappa shape index (κ3) is 15.5. The SMILES string of the molecule is Cc1ccc([N+]#N)cc1.[F][Sb-]([F])([F])([F])([F])[F]. The standard InChI is InChI=1S/C7H7N2.6FH.Sb/c1-6-2-4-7(9-8)5-3-6;;;;;;;/h2-5H,1H3;6*1H;/q+1;;;;;;;+5/p-6. The molecule has 16 heavy (non-hydrogen) atoms. The van der Waals surface area contributed by atoms with E-state index in [2.05, 4.69) is 4.98 Å². The van der Waals surface area contributed by atoms with Crippen LogP contribution in [0.15, 0.2) is 24.3 Å². The number of diazo groups is 1. The Bertz CT molecular complexity index is 389. The van der Waals surface area contributed by atoms with Crippen molar-refractivity contribution in [3.63, 3.8) is 0 Å². The zero-order chi connectivity index (χ0) is 13.1. The van der Waals surface area contributed by atoms with Gasteiger partial charge in [0.25, 0.3) is 0 Å². The van der Waals surface area contributed by atoms with E-state index in [-0.39, 0.29) is 0 Å². The fourth-order valence-corrected chi connectivity index (χ4v) is 0.611. The molecule has 92 valence electrons. The van der Waals surface area contributed by atoms with E-state index in [4.69, 9.17) is 5.39 Å². The van der Waals surface area contributed by atoms with Gasteiger partial charge in [0.2, 0.25) is 5.39 Å². The van der Waals surface area contributed by atoms with Crippen molar-refractivity contribution in [1.29, 1.82) is 5.39 Å². The Morgan fingerprint density at radius 1 is 0.938 bits per heavy atom. The van der Waals surface area contributed by atoms with Crippen LogP contribution < -0.4 is 0 Å². The molecule has 0 aromatic heterocycles. The second kappa shape index (κ2) is 3.81. The molecule has 0 spiro atoms. The maximum atomic E-state index is 9.93. The number of nitrogens with zero attached hydrogens (tertiary/aromatic N) is 2. The molecule has 0 saturated heterocycles. The van der Waals surface area contributed by atoms with E-state index < -0.39 is 19.5 Å². The van der Waals surface area contributed by atoms with Crippen molar-refractivity contribution in [1.82, 2.24) is 0 Å². The molecule has 1 aromatic carbocycles. The molecule has 0 N–H and O–H groups in total. The molecule has 0 bridgehead atoms. The van der Waals surface area contributed by atoms with Gasteiger partial charge >= 0.3 is 42.0 Å². The van der Waals surface area contributed by atoms with Crippen LogP contribution in [-0.2, 0) is 0 Å². The summed E-state index contributed by atoms with van der Waals surface area (Å²) in [5, 5.41) is 8.25. The van der Waals surface area contributed by atoms with Gasteiger partial charge in [-0.15, -0.1) is 0 Å². The molecule has 1 aromatic rings. The number of benzene rings is 1. The molecule has 0 unspecified atom stereocenters. The van der Waals surface area contributed by atoms with Crippen molar-refractivity contribution in [3.8, 4) is 0 Å². The van der Waals surface area contributed by atoms with Crippen molar-refractivity contribution < 1.29 is 16.9 Å². The normalized spacial score (nSPS) is 14.9. The first-order valence-corrected chi connectivity index (χ1v) is 9.55. The topological polar surface area (TPSA) is 28.1 Å². The van der Waals surface area contributed by atoms with E-state index in [0.717, 1.165) is 0 Å². The Morgan fingerprint density at radius 2 is 1.25 bits per heavy atom. The second-order valence-corrected chi connectivity index (χ2v) is 8.36. The molecule has 0 radical (unpaired) electrons. The van der Waals surface area contributed by atoms with Crippen molar-refractivity contribution in [2.45, 2.75) is 6.92 Å². The molecule has 0 saturated carbocycles.